The van der Waals surface area contributed by atoms with Crippen LogP contribution in [0.4, 0.5) is 0 Å². The van der Waals surface area contributed by atoms with Crippen molar-refractivity contribution in [2.75, 3.05) is 26.4 Å². The Labute approximate surface area is 411 Å². The van der Waals surface area contributed by atoms with Gasteiger partial charge in [0.1, 0.15) is 12.7 Å². The molecule has 0 aromatic carbocycles. The Hall–Kier alpha value is -1.81. The fraction of sp³-hybridized carbons (Fsp3) is 0.857. The lowest BCUT2D eigenvalue weighted by Crippen LogP contribution is -2.29. The van der Waals surface area contributed by atoms with Crippen LogP contribution in [0.3, 0.4) is 0 Å². The average Bonchev–Trinajstić information content (AvgIpc) is 3.32. The molecule has 3 N–H and O–H groups in total. The Morgan fingerprint density at radius 1 is 0.433 bits per heavy atom. The van der Waals surface area contributed by atoms with E-state index in [1.807, 2.05) is 0 Å². The first-order valence-electron chi connectivity index (χ1n) is 27.9. The lowest BCUT2D eigenvalue weighted by atomic mass is 10.0. The van der Waals surface area contributed by atoms with Crippen molar-refractivity contribution >= 4 is 19.8 Å². The molecule has 10 nitrogen and oxygen atoms in total. The number of hydrogen-bond donors (Lipinski definition) is 3. The van der Waals surface area contributed by atoms with Crippen LogP contribution in [0, 0.1) is 0 Å². The minimum atomic E-state index is -4.64. The topological polar surface area (TPSA) is 149 Å². The van der Waals surface area contributed by atoms with Gasteiger partial charge in [-0.2, -0.15) is 0 Å². The summed E-state index contributed by atoms with van der Waals surface area (Å²) in [5.74, 6) is -0.964. The Morgan fingerprint density at radius 2 is 0.761 bits per heavy atom. The highest BCUT2D eigenvalue weighted by Crippen LogP contribution is 2.43. The van der Waals surface area contributed by atoms with Gasteiger partial charge in [-0.05, 0) is 70.6 Å². The maximum absolute atomic E-state index is 12.7. The minimum absolute atomic E-state index is 0.126. The molecule has 0 radical (unpaired) electrons. The summed E-state index contributed by atoms with van der Waals surface area (Å²) in [6.45, 7) is 2.39. The van der Waals surface area contributed by atoms with Crippen LogP contribution in [0.1, 0.15) is 271 Å². The highest BCUT2D eigenvalue weighted by Gasteiger charge is 2.27. The summed E-state index contributed by atoms with van der Waals surface area (Å²) in [4.78, 5) is 35.2. The van der Waals surface area contributed by atoms with Crippen LogP contribution in [0.25, 0.3) is 0 Å². The van der Waals surface area contributed by atoms with Gasteiger partial charge in [0, 0.05) is 12.8 Å². The predicted octanol–water partition coefficient (Wildman–Crippen LogP) is 16.2. The van der Waals surface area contributed by atoms with Crippen LogP contribution in [0.15, 0.2) is 36.5 Å². The summed E-state index contributed by atoms with van der Waals surface area (Å²) in [6, 6.07) is 0. The van der Waals surface area contributed by atoms with E-state index in [2.05, 4.69) is 50.3 Å². The largest absolute Gasteiger partial charge is 0.472 e. The molecule has 0 saturated heterocycles. The van der Waals surface area contributed by atoms with Crippen LogP contribution in [0.2, 0.25) is 0 Å². The molecular formula is C56H105O10P. The third kappa shape index (κ3) is 51.9. The van der Waals surface area contributed by atoms with Crippen LogP contribution in [-0.4, -0.2) is 65.7 Å². The number of allylic oxidation sites excluding steroid dienone is 6. The number of aliphatic hydroxyl groups is 2. The quantitative estimate of drug-likeness (QED) is 0.0233. The van der Waals surface area contributed by atoms with Gasteiger partial charge in [-0.15, -0.1) is 0 Å². The van der Waals surface area contributed by atoms with Gasteiger partial charge in [0.05, 0.1) is 19.8 Å². The van der Waals surface area contributed by atoms with Crippen LogP contribution in [0.5, 0.6) is 0 Å². The lowest BCUT2D eigenvalue weighted by molar-refractivity contribution is -0.161. The predicted molar refractivity (Wildman–Crippen MR) is 279 cm³/mol. The fourth-order valence-electron chi connectivity index (χ4n) is 7.95. The first kappa shape index (κ1) is 65.2. The van der Waals surface area contributed by atoms with E-state index in [4.69, 9.17) is 23.6 Å². The molecule has 0 aromatic rings. The normalized spacial score (nSPS) is 13.8. The van der Waals surface area contributed by atoms with Crippen LogP contribution >= 0.6 is 7.82 Å². The summed E-state index contributed by atoms with van der Waals surface area (Å²) < 4.78 is 32.9. The molecular weight excluding hydrogens is 864 g/mol. The van der Waals surface area contributed by atoms with Gasteiger partial charge in [-0.25, -0.2) is 4.57 Å². The van der Waals surface area contributed by atoms with E-state index in [1.54, 1.807) is 0 Å². The fourth-order valence-corrected chi connectivity index (χ4v) is 8.74. The average molecular weight is 969 g/mol. The summed E-state index contributed by atoms with van der Waals surface area (Å²) >= 11 is 0. The number of unbranched alkanes of at least 4 members (excludes halogenated alkanes) is 33. The standard InChI is InChI=1S/C56H105O10P/c1-3-5-7-9-11-13-15-17-19-21-23-25-26-28-30-32-34-36-38-40-42-44-46-48-56(60)66-54(52-65-67(61,62)64-50-53(58)49-57)51-63-55(59)47-45-43-41-39-37-35-33-31-29-27-24-22-20-18-16-14-12-10-8-6-4-2/h18,20,32,34,40,42,53-54,57-58H,3-17,19,21-31,33,35-39,41,43-52H2,1-2H3,(H,61,62)/b20-18+,34-32+,42-40+/t53-,54+/m0/s1. The van der Waals surface area contributed by atoms with E-state index >= 15 is 0 Å². The Balaban J connectivity index is 4.16. The monoisotopic (exact) mass is 969 g/mol. The smallest absolute Gasteiger partial charge is 0.462 e. The summed E-state index contributed by atoms with van der Waals surface area (Å²) in [6.07, 6.45) is 58.5. The minimum Gasteiger partial charge on any atom is -0.462 e. The number of rotatable bonds is 53. The Morgan fingerprint density at radius 3 is 1.16 bits per heavy atom. The molecule has 0 saturated carbocycles. The van der Waals surface area contributed by atoms with E-state index in [1.165, 1.54) is 186 Å². The van der Waals surface area contributed by atoms with Crippen molar-refractivity contribution in [1.29, 1.82) is 0 Å². The zero-order valence-electron chi connectivity index (χ0n) is 43.4. The molecule has 3 atom stereocenters. The second-order valence-electron chi connectivity index (χ2n) is 18.9. The lowest BCUT2D eigenvalue weighted by Gasteiger charge is -2.20. The molecule has 0 fully saturated rings. The van der Waals surface area contributed by atoms with Gasteiger partial charge in [0.25, 0.3) is 0 Å². The van der Waals surface area contributed by atoms with E-state index in [9.17, 15) is 24.2 Å². The molecule has 1 unspecified atom stereocenters. The number of aliphatic hydroxyl groups excluding tert-OH is 2. The first-order valence-corrected chi connectivity index (χ1v) is 29.4. The zero-order valence-corrected chi connectivity index (χ0v) is 44.3. The highest BCUT2D eigenvalue weighted by atomic mass is 31.2. The van der Waals surface area contributed by atoms with Crippen molar-refractivity contribution in [3.63, 3.8) is 0 Å². The van der Waals surface area contributed by atoms with Gasteiger partial charge in [-0.3, -0.25) is 18.6 Å². The number of phosphoric ester groups is 1. The van der Waals surface area contributed by atoms with Crippen molar-refractivity contribution in [1.82, 2.24) is 0 Å². The molecule has 394 valence electrons. The third-order valence-corrected chi connectivity index (χ3v) is 13.2. The SMILES string of the molecule is CCCCCCCC/C=C/CCCCCCCCCCCCCC(=O)OC[C@H](COP(=O)(O)OC[C@@H](O)CO)OC(=O)CCC/C=C/CC/C=C/CCCCCCCCCCCCCCCC. The molecule has 0 spiro atoms. The Kier molecular flexibility index (Phi) is 50.6. The Bertz CT molecular complexity index is 1210. The van der Waals surface area contributed by atoms with Crippen molar-refractivity contribution in [2.45, 2.75) is 283 Å². The van der Waals surface area contributed by atoms with Gasteiger partial charge >= 0.3 is 19.8 Å². The van der Waals surface area contributed by atoms with E-state index in [-0.39, 0.29) is 19.4 Å². The van der Waals surface area contributed by atoms with Gasteiger partial charge in [0.2, 0.25) is 0 Å². The van der Waals surface area contributed by atoms with E-state index < -0.39 is 51.8 Å². The highest BCUT2D eigenvalue weighted by molar-refractivity contribution is 7.47. The zero-order chi connectivity index (χ0) is 49.0. The molecule has 0 amide bonds. The second-order valence-corrected chi connectivity index (χ2v) is 20.4. The number of ether oxygens (including phenoxy) is 2. The molecule has 0 heterocycles. The third-order valence-electron chi connectivity index (χ3n) is 12.2. The molecule has 0 bridgehead atoms. The number of esters is 2. The van der Waals surface area contributed by atoms with Crippen LogP contribution < -0.4 is 0 Å². The molecule has 11 heteroatoms. The van der Waals surface area contributed by atoms with Crippen molar-refractivity contribution in [3.8, 4) is 0 Å². The molecule has 0 aromatic heterocycles. The van der Waals surface area contributed by atoms with E-state index in [0.717, 1.165) is 38.5 Å². The van der Waals surface area contributed by atoms with Crippen molar-refractivity contribution in [3.05, 3.63) is 36.5 Å². The van der Waals surface area contributed by atoms with Crippen molar-refractivity contribution in [2.24, 2.45) is 0 Å². The van der Waals surface area contributed by atoms with E-state index in [0.29, 0.717) is 19.3 Å². The van der Waals surface area contributed by atoms with Crippen LogP contribution in [-0.2, 0) is 32.7 Å². The molecule has 0 aliphatic heterocycles. The maximum Gasteiger partial charge on any atom is 0.472 e. The number of carbonyl (C=O) groups is 2. The summed E-state index contributed by atoms with van der Waals surface area (Å²) in [5, 5.41) is 18.4. The maximum atomic E-state index is 12.7. The number of carbonyl (C=O) groups excluding carboxylic acids is 2. The van der Waals surface area contributed by atoms with Crippen molar-refractivity contribution < 1.29 is 47.8 Å². The molecule has 0 rings (SSSR count). The first-order chi connectivity index (χ1) is 32.7. The second kappa shape index (κ2) is 52.0. The number of phosphoric acid groups is 1. The summed E-state index contributed by atoms with van der Waals surface area (Å²) in [5.41, 5.74) is 0. The van der Waals surface area contributed by atoms with Gasteiger partial charge < -0.3 is 24.6 Å². The molecule has 0 aliphatic carbocycles. The van der Waals surface area contributed by atoms with Gasteiger partial charge in [-0.1, -0.05) is 224 Å². The van der Waals surface area contributed by atoms with Gasteiger partial charge in [0.15, 0.2) is 6.10 Å². The summed E-state index contributed by atoms with van der Waals surface area (Å²) in [7, 11) is -4.64. The number of hydrogen-bond acceptors (Lipinski definition) is 9. The molecule has 67 heavy (non-hydrogen) atoms. The molecule has 0 aliphatic rings.